The summed E-state index contributed by atoms with van der Waals surface area (Å²) >= 11 is 5.65. The van der Waals surface area contributed by atoms with Crippen LogP contribution in [0.5, 0.6) is 0 Å². The average molecular weight is 169 g/mol. The van der Waals surface area contributed by atoms with Crippen LogP contribution in [0.1, 0.15) is 11.1 Å². The maximum absolute atomic E-state index is 13.0. The largest absolute Gasteiger partial charge is 0.207 e. The predicted molar refractivity (Wildman–Crippen MR) is 44.1 cm³/mol. The summed E-state index contributed by atoms with van der Waals surface area (Å²) in [5, 5.41) is 0.466. The van der Waals surface area contributed by atoms with E-state index in [0.29, 0.717) is 11.4 Å². The molecule has 56 valence electrons. The molecule has 0 saturated heterocycles. The quantitative estimate of drug-likeness (QED) is 0.559. The van der Waals surface area contributed by atoms with Crippen molar-refractivity contribution in [1.82, 2.24) is 0 Å². The Bertz CT molecular complexity index is 329. The third-order valence-corrected chi connectivity index (χ3v) is 2.03. The maximum Gasteiger partial charge on any atom is 0.128 e. The third-order valence-electron chi connectivity index (χ3n) is 1.81. The van der Waals surface area contributed by atoms with Gasteiger partial charge in [0.25, 0.3) is 0 Å². The van der Waals surface area contributed by atoms with E-state index in [1.165, 1.54) is 6.07 Å². The lowest BCUT2D eigenvalue weighted by molar-refractivity contribution is 0.615. The van der Waals surface area contributed by atoms with Crippen molar-refractivity contribution in [2.45, 2.75) is 6.42 Å². The molecule has 0 heterocycles. The van der Waals surface area contributed by atoms with Crippen LogP contribution >= 0.6 is 11.6 Å². The number of rotatable bonds is 0. The molecule has 0 radical (unpaired) electrons. The zero-order chi connectivity index (χ0) is 7.84. The first-order valence-corrected chi connectivity index (χ1v) is 3.79. The fourth-order valence-corrected chi connectivity index (χ4v) is 1.50. The first-order chi connectivity index (χ1) is 5.27. The molecule has 0 saturated carbocycles. The van der Waals surface area contributed by atoms with Crippen molar-refractivity contribution < 1.29 is 4.39 Å². The molecule has 2 rings (SSSR count). The van der Waals surface area contributed by atoms with Crippen molar-refractivity contribution >= 4 is 17.7 Å². The Labute approximate surface area is 69.3 Å². The number of halogens is 2. The average Bonchev–Trinajstić information content (AvgIpc) is 2.34. The van der Waals surface area contributed by atoms with Crippen molar-refractivity contribution in [3.8, 4) is 0 Å². The number of hydrogen-bond donors (Lipinski definition) is 0. The van der Waals surface area contributed by atoms with Gasteiger partial charge in [-0.05, 0) is 29.7 Å². The van der Waals surface area contributed by atoms with Crippen LogP contribution in [-0.2, 0) is 6.42 Å². The van der Waals surface area contributed by atoms with E-state index in [1.807, 2.05) is 12.2 Å². The fourth-order valence-electron chi connectivity index (χ4n) is 1.29. The summed E-state index contributed by atoms with van der Waals surface area (Å²) in [4.78, 5) is 0. The van der Waals surface area contributed by atoms with Gasteiger partial charge in [0.15, 0.2) is 0 Å². The standard InChI is InChI=1S/C9H6ClF/c10-7-4-6-2-1-3-8(6)9(11)5-7/h1-2,4-5H,3H2. The lowest BCUT2D eigenvalue weighted by Gasteiger charge is -2.00. The molecular weight excluding hydrogens is 163 g/mol. The van der Waals surface area contributed by atoms with Crippen LogP contribution in [0.25, 0.3) is 6.08 Å². The Morgan fingerprint density at radius 1 is 1.36 bits per heavy atom. The summed E-state index contributed by atoms with van der Waals surface area (Å²) in [5.41, 5.74) is 1.67. The highest BCUT2D eigenvalue weighted by molar-refractivity contribution is 6.30. The van der Waals surface area contributed by atoms with Crippen LogP contribution in [0.4, 0.5) is 4.39 Å². The fraction of sp³-hybridized carbons (Fsp3) is 0.111. The summed E-state index contributed by atoms with van der Waals surface area (Å²) < 4.78 is 13.0. The lowest BCUT2D eigenvalue weighted by Crippen LogP contribution is -1.87. The van der Waals surface area contributed by atoms with Gasteiger partial charge < -0.3 is 0 Å². The Hall–Kier alpha value is -0.820. The van der Waals surface area contributed by atoms with E-state index >= 15 is 0 Å². The molecule has 0 amide bonds. The van der Waals surface area contributed by atoms with Crippen LogP contribution in [0.2, 0.25) is 5.02 Å². The van der Waals surface area contributed by atoms with E-state index in [2.05, 4.69) is 0 Å². The molecule has 1 aliphatic rings. The molecule has 0 aliphatic heterocycles. The normalized spacial score (nSPS) is 13.6. The topological polar surface area (TPSA) is 0 Å². The van der Waals surface area contributed by atoms with Gasteiger partial charge in [0.05, 0.1) is 0 Å². The minimum absolute atomic E-state index is 0.197. The second-order valence-corrected chi connectivity index (χ2v) is 3.00. The van der Waals surface area contributed by atoms with E-state index < -0.39 is 0 Å². The zero-order valence-corrected chi connectivity index (χ0v) is 6.53. The molecular formula is C9H6ClF. The highest BCUT2D eigenvalue weighted by Gasteiger charge is 2.10. The minimum Gasteiger partial charge on any atom is -0.207 e. The molecule has 1 aliphatic carbocycles. The molecule has 0 unspecified atom stereocenters. The number of allylic oxidation sites excluding steroid dienone is 1. The molecule has 0 nitrogen and oxygen atoms in total. The SMILES string of the molecule is Fc1cc(Cl)cc2c1CC=C2. The molecule has 0 aromatic heterocycles. The van der Waals surface area contributed by atoms with Gasteiger partial charge in [-0.1, -0.05) is 23.8 Å². The highest BCUT2D eigenvalue weighted by Crippen LogP contribution is 2.25. The summed E-state index contributed by atoms with van der Waals surface area (Å²) in [6.07, 6.45) is 4.52. The second kappa shape index (κ2) is 2.35. The van der Waals surface area contributed by atoms with Gasteiger partial charge in [-0.15, -0.1) is 0 Å². The monoisotopic (exact) mass is 168 g/mol. The zero-order valence-electron chi connectivity index (χ0n) is 5.77. The van der Waals surface area contributed by atoms with Crippen LogP contribution in [-0.4, -0.2) is 0 Å². The van der Waals surface area contributed by atoms with Crippen molar-refractivity contribution in [2.75, 3.05) is 0 Å². The van der Waals surface area contributed by atoms with E-state index in [1.54, 1.807) is 6.07 Å². The van der Waals surface area contributed by atoms with Crippen LogP contribution in [0.3, 0.4) is 0 Å². The Morgan fingerprint density at radius 2 is 2.18 bits per heavy atom. The van der Waals surface area contributed by atoms with Gasteiger partial charge in [-0.3, -0.25) is 0 Å². The molecule has 0 N–H and O–H groups in total. The van der Waals surface area contributed by atoms with Crippen LogP contribution in [0, 0.1) is 5.82 Å². The van der Waals surface area contributed by atoms with Crippen molar-refractivity contribution in [3.63, 3.8) is 0 Å². The summed E-state index contributed by atoms with van der Waals surface area (Å²) in [7, 11) is 0. The van der Waals surface area contributed by atoms with Gasteiger partial charge in [-0.2, -0.15) is 0 Å². The molecule has 11 heavy (non-hydrogen) atoms. The molecule has 0 bridgehead atoms. The Balaban J connectivity index is 2.66. The number of hydrogen-bond acceptors (Lipinski definition) is 0. The maximum atomic E-state index is 13.0. The van der Waals surface area contributed by atoms with Crippen molar-refractivity contribution in [2.24, 2.45) is 0 Å². The smallest absolute Gasteiger partial charge is 0.128 e. The molecule has 1 aromatic rings. The molecule has 1 aromatic carbocycles. The van der Waals surface area contributed by atoms with Crippen LogP contribution < -0.4 is 0 Å². The summed E-state index contributed by atoms with van der Waals surface area (Å²) in [6.45, 7) is 0. The van der Waals surface area contributed by atoms with Gasteiger partial charge >= 0.3 is 0 Å². The van der Waals surface area contributed by atoms with E-state index in [-0.39, 0.29) is 5.82 Å². The molecule has 0 fully saturated rings. The van der Waals surface area contributed by atoms with Crippen molar-refractivity contribution in [1.29, 1.82) is 0 Å². The highest BCUT2D eigenvalue weighted by atomic mass is 35.5. The minimum atomic E-state index is -0.197. The summed E-state index contributed by atoms with van der Waals surface area (Å²) in [5.74, 6) is -0.197. The Morgan fingerprint density at radius 3 is 3.00 bits per heavy atom. The van der Waals surface area contributed by atoms with Gasteiger partial charge in [0.1, 0.15) is 5.82 Å². The number of benzene rings is 1. The van der Waals surface area contributed by atoms with Gasteiger partial charge in [0, 0.05) is 5.02 Å². The van der Waals surface area contributed by atoms with Crippen LogP contribution in [0.15, 0.2) is 18.2 Å². The molecule has 0 spiro atoms. The third kappa shape index (κ3) is 1.05. The van der Waals surface area contributed by atoms with E-state index in [0.717, 1.165) is 11.1 Å². The van der Waals surface area contributed by atoms with Gasteiger partial charge in [0.2, 0.25) is 0 Å². The van der Waals surface area contributed by atoms with E-state index in [9.17, 15) is 4.39 Å². The molecule has 2 heteroatoms. The molecule has 0 atom stereocenters. The lowest BCUT2D eigenvalue weighted by atomic mass is 10.1. The first kappa shape index (κ1) is 6.86. The van der Waals surface area contributed by atoms with E-state index in [4.69, 9.17) is 11.6 Å². The Kier molecular flexibility index (Phi) is 1.46. The van der Waals surface area contributed by atoms with Crippen molar-refractivity contribution in [3.05, 3.63) is 40.2 Å². The summed E-state index contributed by atoms with van der Waals surface area (Å²) in [6, 6.07) is 3.14. The first-order valence-electron chi connectivity index (χ1n) is 3.42. The second-order valence-electron chi connectivity index (χ2n) is 2.56. The number of fused-ring (bicyclic) bond motifs is 1. The van der Waals surface area contributed by atoms with Gasteiger partial charge in [-0.25, -0.2) is 4.39 Å². The predicted octanol–water partition coefficient (Wildman–Crippen LogP) is 3.05.